The molecule has 0 saturated heterocycles. The minimum absolute atomic E-state index is 0.262. The molecule has 0 heterocycles. The van der Waals surface area contributed by atoms with Crippen LogP contribution >= 0.6 is 0 Å². The summed E-state index contributed by atoms with van der Waals surface area (Å²) in [6.45, 7) is 2.56. The summed E-state index contributed by atoms with van der Waals surface area (Å²) in [6.07, 6.45) is 3.56. The van der Waals surface area contributed by atoms with Crippen molar-refractivity contribution in [2.24, 2.45) is 5.41 Å². The van der Waals surface area contributed by atoms with Gasteiger partial charge in [0.2, 0.25) is 0 Å². The van der Waals surface area contributed by atoms with Gasteiger partial charge in [-0.05, 0) is 33.4 Å². The van der Waals surface area contributed by atoms with Gasteiger partial charge < -0.3 is 10.0 Å². The number of rotatable bonds is 4. The topological polar surface area (TPSA) is 23.5 Å². The third-order valence-corrected chi connectivity index (χ3v) is 2.92. The lowest BCUT2D eigenvalue weighted by Gasteiger charge is -2.30. The van der Waals surface area contributed by atoms with Gasteiger partial charge in [0.25, 0.3) is 0 Å². The zero-order valence-corrected chi connectivity index (χ0v) is 7.80. The van der Waals surface area contributed by atoms with Gasteiger partial charge >= 0.3 is 0 Å². The van der Waals surface area contributed by atoms with Crippen LogP contribution in [0.5, 0.6) is 0 Å². The lowest BCUT2D eigenvalue weighted by atomic mass is 9.94. The van der Waals surface area contributed by atoms with Gasteiger partial charge in [0.15, 0.2) is 0 Å². The van der Waals surface area contributed by atoms with Crippen molar-refractivity contribution in [2.45, 2.75) is 32.2 Å². The number of hydrogen-bond donors (Lipinski definition) is 1. The Morgan fingerprint density at radius 3 is 2.09 bits per heavy atom. The molecule has 2 heteroatoms. The Balaban J connectivity index is 2.54. The summed E-state index contributed by atoms with van der Waals surface area (Å²) in [5.41, 5.74) is 0.262. The first-order valence-corrected chi connectivity index (χ1v) is 4.43. The normalized spacial score (nSPS) is 23.7. The monoisotopic (exact) mass is 157 g/mol. The molecule has 1 fully saturated rings. The van der Waals surface area contributed by atoms with E-state index >= 15 is 0 Å². The van der Waals surface area contributed by atoms with E-state index in [-0.39, 0.29) is 5.41 Å². The fourth-order valence-corrected chi connectivity index (χ4v) is 2.10. The fourth-order valence-electron chi connectivity index (χ4n) is 2.10. The summed E-state index contributed by atoms with van der Waals surface area (Å²) >= 11 is 0. The van der Waals surface area contributed by atoms with Crippen LogP contribution in [0.15, 0.2) is 0 Å². The van der Waals surface area contributed by atoms with Gasteiger partial charge in [0, 0.05) is 11.5 Å². The van der Waals surface area contributed by atoms with Crippen LogP contribution in [-0.4, -0.2) is 36.8 Å². The van der Waals surface area contributed by atoms with E-state index in [0.717, 1.165) is 6.42 Å². The summed E-state index contributed by atoms with van der Waals surface area (Å²) in [7, 11) is 4.20. The number of aliphatic hydroxyl groups excluding tert-OH is 1. The third-order valence-electron chi connectivity index (χ3n) is 2.92. The zero-order chi connectivity index (χ0) is 8.48. The highest BCUT2D eigenvalue weighted by Gasteiger charge is 2.48. The molecule has 1 aliphatic carbocycles. The first kappa shape index (κ1) is 9.01. The van der Waals surface area contributed by atoms with Gasteiger partial charge in [-0.15, -0.1) is 0 Å². The molecule has 11 heavy (non-hydrogen) atoms. The van der Waals surface area contributed by atoms with E-state index in [1.165, 1.54) is 12.8 Å². The summed E-state index contributed by atoms with van der Waals surface area (Å²) in [5.74, 6) is 0. The number of hydrogen-bond acceptors (Lipinski definition) is 2. The Kier molecular flexibility index (Phi) is 2.55. The van der Waals surface area contributed by atoms with Crippen LogP contribution in [0.25, 0.3) is 0 Å². The Hall–Kier alpha value is -0.0800. The average molecular weight is 157 g/mol. The van der Waals surface area contributed by atoms with E-state index < -0.39 is 0 Å². The maximum absolute atomic E-state index is 9.18. The summed E-state index contributed by atoms with van der Waals surface area (Å²) in [4.78, 5) is 2.24. The maximum Gasteiger partial charge on any atom is 0.0502 e. The molecule has 0 spiro atoms. The minimum Gasteiger partial charge on any atom is -0.396 e. The highest BCUT2D eigenvalue weighted by Crippen LogP contribution is 2.50. The first-order valence-electron chi connectivity index (χ1n) is 4.43. The van der Waals surface area contributed by atoms with Crippen LogP contribution in [0, 0.1) is 5.41 Å². The molecule has 0 aliphatic heterocycles. The van der Waals surface area contributed by atoms with Gasteiger partial charge in [-0.3, -0.25) is 0 Å². The van der Waals surface area contributed by atoms with Gasteiger partial charge in [-0.1, -0.05) is 6.92 Å². The van der Waals surface area contributed by atoms with E-state index in [2.05, 4.69) is 25.9 Å². The van der Waals surface area contributed by atoms with Crippen LogP contribution in [0.2, 0.25) is 0 Å². The molecule has 0 radical (unpaired) electrons. The predicted octanol–water partition coefficient (Wildman–Crippen LogP) is 1.10. The minimum atomic E-state index is 0.262. The van der Waals surface area contributed by atoms with Crippen molar-refractivity contribution in [3.05, 3.63) is 0 Å². The molecule has 1 N–H and O–H groups in total. The van der Waals surface area contributed by atoms with E-state index in [1.807, 2.05) is 0 Å². The molecule has 1 saturated carbocycles. The molecule has 0 bridgehead atoms. The lowest BCUT2D eigenvalue weighted by Crippen LogP contribution is -2.38. The second kappa shape index (κ2) is 3.11. The van der Waals surface area contributed by atoms with Crippen molar-refractivity contribution in [3.8, 4) is 0 Å². The van der Waals surface area contributed by atoms with Crippen LogP contribution in [0.1, 0.15) is 26.2 Å². The summed E-state index contributed by atoms with van der Waals surface area (Å²) < 4.78 is 0. The first-order chi connectivity index (χ1) is 5.16. The zero-order valence-electron chi connectivity index (χ0n) is 7.80. The van der Waals surface area contributed by atoms with Gasteiger partial charge in [0.1, 0.15) is 0 Å². The predicted molar refractivity (Wildman–Crippen MR) is 46.5 cm³/mol. The SMILES string of the molecule is CCC(N(C)C)C1(CO)CC1. The van der Waals surface area contributed by atoms with E-state index in [0.29, 0.717) is 12.6 Å². The smallest absolute Gasteiger partial charge is 0.0502 e. The number of aliphatic hydroxyl groups is 1. The van der Waals surface area contributed by atoms with Crippen molar-refractivity contribution >= 4 is 0 Å². The standard InChI is InChI=1S/C9H19NO/c1-4-8(10(2)3)9(7-11)5-6-9/h8,11H,4-7H2,1-3H3. The van der Waals surface area contributed by atoms with Crippen LogP contribution in [-0.2, 0) is 0 Å². The van der Waals surface area contributed by atoms with Crippen molar-refractivity contribution in [2.75, 3.05) is 20.7 Å². The second-order valence-corrected chi connectivity index (χ2v) is 3.91. The molecule has 1 rings (SSSR count). The molecule has 1 unspecified atom stereocenters. The Bertz CT molecular complexity index is 130. The molecule has 0 amide bonds. The largest absolute Gasteiger partial charge is 0.396 e. The van der Waals surface area contributed by atoms with Crippen LogP contribution in [0.4, 0.5) is 0 Å². The molecule has 1 atom stereocenters. The number of nitrogens with zero attached hydrogens (tertiary/aromatic N) is 1. The Labute approximate surface area is 69.2 Å². The van der Waals surface area contributed by atoms with Crippen molar-refractivity contribution in [1.29, 1.82) is 0 Å². The molecule has 1 aliphatic rings. The molecule has 0 aromatic heterocycles. The summed E-state index contributed by atoms with van der Waals surface area (Å²) in [5, 5.41) is 9.18. The van der Waals surface area contributed by atoms with E-state index in [4.69, 9.17) is 0 Å². The van der Waals surface area contributed by atoms with Crippen LogP contribution < -0.4 is 0 Å². The molecule has 0 aromatic carbocycles. The highest BCUT2D eigenvalue weighted by molar-refractivity contribution is 5.01. The van der Waals surface area contributed by atoms with Crippen molar-refractivity contribution in [3.63, 3.8) is 0 Å². The second-order valence-electron chi connectivity index (χ2n) is 3.91. The Morgan fingerprint density at radius 1 is 1.45 bits per heavy atom. The average Bonchev–Trinajstić information content (AvgIpc) is 2.70. The van der Waals surface area contributed by atoms with E-state index in [9.17, 15) is 5.11 Å². The Morgan fingerprint density at radius 2 is 2.00 bits per heavy atom. The molecule has 66 valence electrons. The molecule has 2 nitrogen and oxygen atoms in total. The fraction of sp³-hybridized carbons (Fsp3) is 1.00. The van der Waals surface area contributed by atoms with Crippen LogP contribution in [0.3, 0.4) is 0 Å². The lowest BCUT2D eigenvalue weighted by molar-refractivity contribution is 0.112. The van der Waals surface area contributed by atoms with Gasteiger partial charge in [-0.25, -0.2) is 0 Å². The quantitative estimate of drug-likeness (QED) is 0.660. The summed E-state index contributed by atoms with van der Waals surface area (Å²) in [6, 6.07) is 0.576. The van der Waals surface area contributed by atoms with Crippen molar-refractivity contribution in [1.82, 2.24) is 4.90 Å². The maximum atomic E-state index is 9.18. The van der Waals surface area contributed by atoms with E-state index in [1.54, 1.807) is 0 Å². The molecule has 0 aromatic rings. The van der Waals surface area contributed by atoms with Gasteiger partial charge in [0.05, 0.1) is 6.61 Å². The highest BCUT2D eigenvalue weighted by atomic mass is 16.3. The van der Waals surface area contributed by atoms with Gasteiger partial charge in [-0.2, -0.15) is 0 Å². The third kappa shape index (κ3) is 1.57. The molecular weight excluding hydrogens is 138 g/mol. The molecular formula is C9H19NO. The van der Waals surface area contributed by atoms with Crippen molar-refractivity contribution < 1.29 is 5.11 Å².